The third-order valence-electron chi connectivity index (χ3n) is 5.75. The predicted octanol–water partition coefficient (Wildman–Crippen LogP) is 3.09. The lowest BCUT2D eigenvalue weighted by Crippen LogP contribution is -2.48. The molecule has 0 aliphatic heterocycles. The van der Waals surface area contributed by atoms with Crippen LogP contribution in [0.4, 0.5) is 0 Å². The number of carbonyl (C=O) groups excluding carboxylic acids is 1. The van der Waals surface area contributed by atoms with Crippen molar-refractivity contribution in [2.24, 2.45) is 5.92 Å². The van der Waals surface area contributed by atoms with Crippen LogP contribution in [0.2, 0.25) is 0 Å². The van der Waals surface area contributed by atoms with Gasteiger partial charge in [-0.05, 0) is 58.2 Å². The third kappa shape index (κ3) is 6.05. The molecule has 1 atom stereocenters. The van der Waals surface area contributed by atoms with Crippen molar-refractivity contribution in [3.63, 3.8) is 0 Å². The maximum Gasteiger partial charge on any atom is 0.344 e. The molecule has 2 N–H and O–H groups in total. The van der Waals surface area contributed by atoms with Crippen LogP contribution >= 0.6 is 0 Å². The highest BCUT2D eigenvalue weighted by Gasteiger charge is 2.49. The zero-order valence-electron chi connectivity index (χ0n) is 18.1. The largest absolute Gasteiger partial charge is 0.444 e. The van der Waals surface area contributed by atoms with E-state index in [0.717, 1.165) is 13.1 Å². The van der Waals surface area contributed by atoms with Gasteiger partial charge in [0.2, 0.25) is 0 Å². The molecule has 1 unspecified atom stereocenters. The number of hydrogen-bond donors (Lipinski definition) is 2. The zero-order valence-corrected chi connectivity index (χ0v) is 18.1. The van der Waals surface area contributed by atoms with E-state index in [9.17, 15) is 15.0 Å². The molecule has 1 aliphatic rings. The molecule has 5 heteroatoms. The van der Waals surface area contributed by atoms with E-state index in [2.05, 4.69) is 30.6 Å². The molecule has 0 bridgehead atoms. The quantitative estimate of drug-likeness (QED) is 0.543. The predicted molar refractivity (Wildman–Crippen MR) is 114 cm³/mol. The molecule has 0 radical (unpaired) electrons. The second kappa shape index (κ2) is 10.2. The fourth-order valence-corrected chi connectivity index (χ4v) is 3.85. The van der Waals surface area contributed by atoms with Gasteiger partial charge in [-0.3, -0.25) is 4.90 Å². The average molecular weight is 402 g/mol. The molecular weight excluding hydrogens is 366 g/mol. The van der Waals surface area contributed by atoms with Crippen LogP contribution < -0.4 is 0 Å². The molecule has 160 valence electrons. The summed E-state index contributed by atoms with van der Waals surface area (Å²) in [4.78, 5) is 15.4. The lowest BCUT2D eigenvalue weighted by molar-refractivity contribution is -0.185. The molecule has 1 aliphatic carbocycles. The van der Waals surface area contributed by atoms with Crippen molar-refractivity contribution in [3.8, 4) is 11.8 Å². The van der Waals surface area contributed by atoms with E-state index in [4.69, 9.17) is 4.74 Å². The van der Waals surface area contributed by atoms with E-state index in [1.807, 2.05) is 6.07 Å². The number of aliphatic hydroxyl groups excluding tert-OH is 1. The van der Waals surface area contributed by atoms with Gasteiger partial charge in [0, 0.05) is 5.92 Å². The summed E-state index contributed by atoms with van der Waals surface area (Å²) in [6.07, 6.45) is 1.90. The normalized spacial score (nSPS) is 21.8. The van der Waals surface area contributed by atoms with Crippen LogP contribution in [0.3, 0.4) is 0 Å². The molecule has 0 saturated heterocycles. The van der Waals surface area contributed by atoms with Gasteiger partial charge in [-0.15, -0.1) is 0 Å². The maximum atomic E-state index is 13.3. The molecule has 0 spiro atoms. The Morgan fingerprint density at radius 1 is 1.14 bits per heavy atom. The summed E-state index contributed by atoms with van der Waals surface area (Å²) >= 11 is 0. The van der Waals surface area contributed by atoms with Crippen LogP contribution in [0.25, 0.3) is 0 Å². The minimum Gasteiger partial charge on any atom is -0.444 e. The van der Waals surface area contributed by atoms with Crippen molar-refractivity contribution in [3.05, 3.63) is 35.9 Å². The van der Waals surface area contributed by atoms with Crippen LogP contribution in [-0.2, 0) is 15.1 Å². The van der Waals surface area contributed by atoms with Crippen LogP contribution in [0, 0.1) is 17.8 Å². The van der Waals surface area contributed by atoms with Crippen molar-refractivity contribution < 1.29 is 19.7 Å². The summed E-state index contributed by atoms with van der Waals surface area (Å²) in [7, 11) is 0. The second-order valence-corrected chi connectivity index (χ2v) is 8.30. The lowest BCUT2D eigenvalue weighted by atomic mass is 9.72. The van der Waals surface area contributed by atoms with Gasteiger partial charge < -0.3 is 14.9 Å². The fraction of sp³-hybridized carbons (Fsp3) is 0.625. The van der Waals surface area contributed by atoms with E-state index in [1.165, 1.54) is 0 Å². The van der Waals surface area contributed by atoms with Gasteiger partial charge >= 0.3 is 5.97 Å². The second-order valence-electron chi connectivity index (χ2n) is 8.30. The van der Waals surface area contributed by atoms with Crippen molar-refractivity contribution in [2.75, 3.05) is 19.6 Å². The summed E-state index contributed by atoms with van der Waals surface area (Å²) in [6.45, 7) is 10.1. The molecule has 0 amide bonds. The number of esters is 1. The number of ether oxygens (including phenoxy) is 1. The van der Waals surface area contributed by atoms with E-state index >= 15 is 0 Å². The molecular formula is C24H35NO4. The fourth-order valence-electron chi connectivity index (χ4n) is 3.85. The highest BCUT2D eigenvalue weighted by atomic mass is 16.6. The molecule has 1 aromatic carbocycles. The third-order valence-corrected chi connectivity index (χ3v) is 5.75. The van der Waals surface area contributed by atoms with Crippen molar-refractivity contribution in [1.29, 1.82) is 0 Å². The molecule has 0 heterocycles. The highest BCUT2D eigenvalue weighted by Crippen LogP contribution is 2.41. The molecule has 1 aromatic rings. The summed E-state index contributed by atoms with van der Waals surface area (Å²) < 4.78 is 5.74. The molecule has 1 fully saturated rings. The maximum absolute atomic E-state index is 13.3. The number of nitrogens with zero attached hydrogens (tertiary/aromatic N) is 1. The number of benzene rings is 1. The van der Waals surface area contributed by atoms with Gasteiger partial charge in [0.25, 0.3) is 0 Å². The first kappa shape index (κ1) is 23.4. The SMILES string of the molecule is CCN(CC)CC#CC(C)(C)OC(=O)C(O)(c1ccccc1)C1CCC(O)CC1. The number of hydrogen-bond acceptors (Lipinski definition) is 5. The molecule has 2 rings (SSSR count). The smallest absolute Gasteiger partial charge is 0.344 e. The Balaban J connectivity index is 2.22. The lowest BCUT2D eigenvalue weighted by Gasteiger charge is -2.39. The van der Waals surface area contributed by atoms with E-state index in [-0.39, 0.29) is 12.0 Å². The molecule has 1 saturated carbocycles. The molecule has 5 nitrogen and oxygen atoms in total. The number of aliphatic hydroxyl groups is 2. The van der Waals surface area contributed by atoms with Gasteiger partial charge in [0.15, 0.2) is 11.2 Å². The Morgan fingerprint density at radius 3 is 2.28 bits per heavy atom. The van der Waals surface area contributed by atoms with Crippen molar-refractivity contribution >= 4 is 5.97 Å². The van der Waals surface area contributed by atoms with Crippen LogP contribution in [0.5, 0.6) is 0 Å². The topological polar surface area (TPSA) is 70.0 Å². The van der Waals surface area contributed by atoms with Crippen LogP contribution in [-0.4, -0.2) is 52.4 Å². The van der Waals surface area contributed by atoms with Crippen LogP contribution in [0.1, 0.15) is 58.9 Å². The highest BCUT2D eigenvalue weighted by molar-refractivity contribution is 5.82. The van der Waals surface area contributed by atoms with Crippen molar-refractivity contribution in [1.82, 2.24) is 4.90 Å². The van der Waals surface area contributed by atoms with Crippen LogP contribution in [0.15, 0.2) is 30.3 Å². The van der Waals surface area contributed by atoms with Gasteiger partial charge in [-0.25, -0.2) is 4.79 Å². The summed E-state index contributed by atoms with van der Waals surface area (Å²) in [6, 6.07) is 8.97. The van der Waals surface area contributed by atoms with Crippen molar-refractivity contribution in [2.45, 2.75) is 70.7 Å². The first-order valence-corrected chi connectivity index (χ1v) is 10.6. The van der Waals surface area contributed by atoms with Gasteiger partial charge in [0.1, 0.15) is 0 Å². The average Bonchev–Trinajstić information content (AvgIpc) is 2.71. The number of carbonyl (C=O) groups is 1. The first-order valence-electron chi connectivity index (χ1n) is 10.6. The van der Waals surface area contributed by atoms with Gasteiger partial charge in [-0.1, -0.05) is 56.0 Å². The summed E-state index contributed by atoms with van der Waals surface area (Å²) in [5.41, 5.74) is -2.24. The Morgan fingerprint density at radius 2 is 1.72 bits per heavy atom. The molecule has 29 heavy (non-hydrogen) atoms. The Bertz CT molecular complexity index is 709. The first-order chi connectivity index (χ1) is 13.7. The van der Waals surface area contributed by atoms with E-state index in [1.54, 1.807) is 38.1 Å². The van der Waals surface area contributed by atoms with E-state index in [0.29, 0.717) is 37.8 Å². The Hall–Kier alpha value is -1.87. The minimum absolute atomic E-state index is 0.305. The zero-order chi connectivity index (χ0) is 21.5. The molecule has 0 aromatic heterocycles. The summed E-state index contributed by atoms with van der Waals surface area (Å²) in [5, 5.41) is 21.5. The Labute approximate surface area is 175 Å². The van der Waals surface area contributed by atoms with E-state index < -0.39 is 17.2 Å². The Kier molecular flexibility index (Phi) is 8.27. The standard InChI is InChI=1S/C24H35NO4/c1-5-25(6-2)18-10-17-23(3,4)29-22(27)24(28,19-11-8-7-9-12-19)20-13-15-21(26)16-14-20/h7-9,11-12,20-21,26,28H,5-6,13-16,18H2,1-4H3. The van der Waals surface area contributed by atoms with Gasteiger partial charge in [0.05, 0.1) is 12.6 Å². The minimum atomic E-state index is -1.75. The summed E-state index contributed by atoms with van der Waals surface area (Å²) in [5.74, 6) is 5.15. The van der Waals surface area contributed by atoms with Gasteiger partial charge in [-0.2, -0.15) is 0 Å². The number of rotatable bonds is 7. The monoisotopic (exact) mass is 401 g/mol.